The molecule has 1 aromatic heterocycles. The molecule has 0 unspecified atom stereocenters. The molecule has 1 aromatic carbocycles. The van der Waals surface area contributed by atoms with Crippen molar-refractivity contribution in [3.63, 3.8) is 0 Å². The number of nitrogens with zero attached hydrogens (tertiary/aromatic N) is 2. The van der Waals surface area contributed by atoms with Gasteiger partial charge in [-0.05, 0) is 18.2 Å². The maximum absolute atomic E-state index is 5.21. The van der Waals surface area contributed by atoms with Gasteiger partial charge in [-0.1, -0.05) is 22.0 Å². The van der Waals surface area contributed by atoms with E-state index in [0.717, 1.165) is 21.4 Å². The van der Waals surface area contributed by atoms with Gasteiger partial charge < -0.3 is 10.1 Å². The number of rotatable bonds is 5. The first-order valence-corrected chi connectivity index (χ1v) is 6.35. The molecule has 1 heterocycles. The highest BCUT2D eigenvalue weighted by Gasteiger charge is 2.06. The Morgan fingerprint density at radius 2 is 2.22 bits per heavy atom. The summed E-state index contributed by atoms with van der Waals surface area (Å²) in [5.41, 5.74) is 3.10. The first-order valence-electron chi connectivity index (χ1n) is 5.56. The molecule has 18 heavy (non-hydrogen) atoms. The molecule has 0 fully saturated rings. The highest BCUT2D eigenvalue weighted by atomic mass is 79.9. The van der Waals surface area contributed by atoms with Crippen molar-refractivity contribution >= 4 is 21.6 Å². The minimum absolute atomic E-state index is 0.563. The summed E-state index contributed by atoms with van der Waals surface area (Å²) in [6.07, 6.45) is 3.29. The second-order valence-electron chi connectivity index (χ2n) is 3.75. The van der Waals surface area contributed by atoms with E-state index in [-0.39, 0.29) is 0 Å². The largest absolute Gasteiger partial charge is 0.380 e. The van der Waals surface area contributed by atoms with Gasteiger partial charge in [0.1, 0.15) is 6.33 Å². The summed E-state index contributed by atoms with van der Waals surface area (Å²) < 4.78 is 6.24. The SMILES string of the molecule is COCc1c(Br)cccc1NCc1ccncn1. The van der Waals surface area contributed by atoms with Crippen LogP contribution in [0.4, 0.5) is 5.69 Å². The van der Waals surface area contributed by atoms with Crippen LogP contribution in [0.1, 0.15) is 11.3 Å². The summed E-state index contributed by atoms with van der Waals surface area (Å²) in [5.74, 6) is 0. The van der Waals surface area contributed by atoms with Crippen molar-refractivity contribution in [2.24, 2.45) is 0 Å². The third kappa shape index (κ3) is 3.27. The molecule has 0 aliphatic rings. The quantitative estimate of drug-likeness (QED) is 0.922. The Bertz CT molecular complexity index is 505. The highest BCUT2D eigenvalue weighted by Crippen LogP contribution is 2.25. The van der Waals surface area contributed by atoms with Crippen molar-refractivity contribution in [3.05, 3.63) is 52.5 Å². The fraction of sp³-hybridized carbons (Fsp3) is 0.231. The molecule has 2 rings (SSSR count). The van der Waals surface area contributed by atoms with E-state index in [2.05, 4.69) is 31.2 Å². The molecule has 1 N–H and O–H groups in total. The summed E-state index contributed by atoms with van der Waals surface area (Å²) in [7, 11) is 1.69. The smallest absolute Gasteiger partial charge is 0.115 e. The zero-order valence-electron chi connectivity index (χ0n) is 10.1. The van der Waals surface area contributed by atoms with Gasteiger partial charge in [-0.15, -0.1) is 0 Å². The third-order valence-electron chi connectivity index (χ3n) is 2.51. The molecule has 0 saturated heterocycles. The van der Waals surface area contributed by atoms with Crippen LogP contribution in [0, 0.1) is 0 Å². The lowest BCUT2D eigenvalue weighted by Gasteiger charge is -2.12. The Morgan fingerprint density at radius 3 is 2.94 bits per heavy atom. The lowest BCUT2D eigenvalue weighted by atomic mass is 10.2. The van der Waals surface area contributed by atoms with Gasteiger partial charge in [0.2, 0.25) is 0 Å². The van der Waals surface area contributed by atoms with Crippen LogP contribution in [-0.2, 0) is 17.9 Å². The van der Waals surface area contributed by atoms with Crippen LogP contribution in [0.25, 0.3) is 0 Å². The average molecular weight is 308 g/mol. The second kappa shape index (κ2) is 6.47. The molecule has 0 amide bonds. The number of ether oxygens (including phenoxy) is 1. The number of hydrogen-bond donors (Lipinski definition) is 1. The Hall–Kier alpha value is -1.46. The Balaban J connectivity index is 2.11. The molecule has 0 bridgehead atoms. The van der Waals surface area contributed by atoms with Gasteiger partial charge in [-0.3, -0.25) is 0 Å². The average Bonchev–Trinajstić information content (AvgIpc) is 2.41. The Morgan fingerprint density at radius 1 is 1.33 bits per heavy atom. The predicted octanol–water partition coefficient (Wildman–Crippen LogP) is 3.00. The Kier molecular flexibility index (Phi) is 4.66. The molecule has 94 valence electrons. The number of nitrogens with one attached hydrogen (secondary N) is 1. The van der Waals surface area contributed by atoms with Crippen molar-refractivity contribution in [1.82, 2.24) is 9.97 Å². The molecule has 0 aliphatic carbocycles. The first kappa shape index (κ1) is 13.0. The van der Waals surface area contributed by atoms with Gasteiger partial charge in [0, 0.05) is 29.0 Å². The van der Waals surface area contributed by atoms with E-state index in [9.17, 15) is 0 Å². The molecule has 5 heteroatoms. The number of benzene rings is 1. The van der Waals surface area contributed by atoms with Crippen molar-refractivity contribution in [3.8, 4) is 0 Å². The van der Waals surface area contributed by atoms with Crippen LogP contribution in [0.5, 0.6) is 0 Å². The van der Waals surface area contributed by atoms with E-state index in [4.69, 9.17) is 4.74 Å². The third-order valence-corrected chi connectivity index (χ3v) is 3.25. The van der Waals surface area contributed by atoms with Crippen molar-refractivity contribution in [1.29, 1.82) is 0 Å². The molecule has 0 spiro atoms. The van der Waals surface area contributed by atoms with Gasteiger partial charge >= 0.3 is 0 Å². The van der Waals surface area contributed by atoms with E-state index < -0.39 is 0 Å². The van der Waals surface area contributed by atoms with Crippen molar-refractivity contribution in [2.45, 2.75) is 13.2 Å². The van der Waals surface area contributed by atoms with Gasteiger partial charge in [-0.25, -0.2) is 9.97 Å². The van der Waals surface area contributed by atoms with E-state index in [1.807, 2.05) is 24.3 Å². The molecular formula is C13H14BrN3O. The van der Waals surface area contributed by atoms with Gasteiger partial charge in [0.25, 0.3) is 0 Å². The van der Waals surface area contributed by atoms with Crippen LogP contribution in [-0.4, -0.2) is 17.1 Å². The van der Waals surface area contributed by atoms with Crippen LogP contribution in [0.15, 0.2) is 41.3 Å². The number of anilines is 1. The maximum atomic E-state index is 5.21. The van der Waals surface area contributed by atoms with Crippen molar-refractivity contribution in [2.75, 3.05) is 12.4 Å². The maximum Gasteiger partial charge on any atom is 0.115 e. The predicted molar refractivity (Wildman–Crippen MR) is 74.2 cm³/mol. The monoisotopic (exact) mass is 307 g/mol. The minimum atomic E-state index is 0.563. The van der Waals surface area contributed by atoms with Gasteiger partial charge in [0.15, 0.2) is 0 Å². The van der Waals surface area contributed by atoms with E-state index in [1.165, 1.54) is 0 Å². The number of hydrogen-bond acceptors (Lipinski definition) is 4. The van der Waals surface area contributed by atoms with Crippen molar-refractivity contribution < 1.29 is 4.74 Å². The number of methoxy groups -OCH3 is 1. The molecular weight excluding hydrogens is 294 g/mol. The molecule has 2 aromatic rings. The van der Waals surface area contributed by atoms with Crippen LogP contribution < -0.4 is 5.32 Å². The first-order chi connectivity index (χ1) is 8.81. The molecule has 0 atom stereocenters. The summed E-state index contributed by atoms with van der Waals surface area (Å²) in [5, 5.41) is 3.35. The van der Waals surface area contributed by atoms with Gasteiger partial charge in [-0.2, -0.15) is 0 Å². The van der Waals surface area contributed by atoms with E-state index in [1.54, 1.807) is 19.6 Å². The molecule has 4 nitrogen and oxygen atoms in total. The number of aromatic nitrogens is 2. The van der Waals surface area contributed by atoms with Crippen LogP contribution in [0.2, 0.25) is 0 Å². The second-order valence-corrected chi connectivity index (χ2v) is 4.61. The lowest BCUT2D eigenvalue weighted by Crippen LogP contribution is -2.05. The normalized spacial score (nSPS) is 10.3. The standard InChI is InChI=1S/C13H14BrN3O/c1-18-8-11-12(14)3-2-4-13(11)16-7-10-5-6-15-9-17-10/h2-6,9,16H,7-8H2,1H3. The fourth-order valence-electron chi connectivity index (χ4n) is 1.62. The molecule has 0 saturated carbocycles. The van der Waals surface area contributed by atoms with E-state index in [0.29, 0.717) is 13.2 Å². The molecule has 0 aliphatic heterocycles. The Labute approximate surface area is 115 Å². The van der Waals surface area contributed by atoms with Crippen LogP contribution >= 0.6 is 15.9 Å². The number of halogens is 1. The summed E-state index contributed by atoms with van der Waals surface area (Å²) in [6, 6.07) is 7.91. The summed E-state index contributed by atoms with van der Waals surface area (Å²) >= 11 is 3.53. The zero-order valence-corrected chi connectivity index (χ0v) is 11.6. The van der Waals surface area contributed by atoms with Crippen LogP contribution in [0.3, 0.4) is 0 Å². The summed E-state index contributed by atoms with van der Waals surface area (Å²) in [4.78, 5) is 8.07. The van der Waals surface area contributed by atoms with Gasteiger partial charge in [0.05, 0.1) is 18.8 Å². The topological polar surface area (TPSA) is 47.0 Å². The van der Waals surface area contributed by atoms with E-state index >= 15 is 0 Å². The minimum Gasteiger partial charge on any atom is -0.380 e. The lowest BCUT2D eigenvalue weighted by molar-refractivity contribution is 0.185. The highest BCUT2D eigenvalue weighted by molar-refractivity contribution is 9.10. The molecule has 0 radical (unpaired) electrons. The summed E-state index contributed by atoms with van der Waals surface area (Å²) in [6.45, 7) is 1.23. The zero-order chi connectivity index (χ0) is 12.8. The fourth-order valence-corrected chi connectivity index (χ4v) is 2.10.